The van der Waals surface area contributed by atoms with Crippen LogP contribution in [0.15, 0.2) is 18.2 Å². The molecule has 0 aliphatic carbocycles. The minimum Gasteiger partial charge on any atom is -0.368 e. The molecular weight excluding hydrogens is 332 g/mol. The maximum Gasteiger partial charge on any atom is 0.269 e. The normalized spacial score (nSPS) is 11.2. The second-order valence-corrected chi connectivity index (χ2v) is 6.28. The van der Waals surface area contributed by atoms with Crippen molar-refractivity contribution in [1.29, 1.82) is 0 Å². The maximum absolute atomic E-state index is 11.0. The molecule has 0 aromatic heterocycles. The van der Waals surface area contributed by atoms with Crippen molar-refractivity contribution in [3.05, 3.63) is 33.9 Å². The van der Waals surface area contributed by atoms with E-state index < -0.39 is 0 Å². The molecule has 0 N–H and O–H groups in total. The van der Waals surface area contributed by atoms with Crippen molar-refractivity contribution in [2.45, 2.75) is 51.9 Å². The zero-order valence-electron chi connectivity index (χ0n) is 13.3. The minimum absolute atomic E-state index is 0.155. The molecule has 0 fully saturated rings. The summed E-state index contributed by atoms with van der Waals surface area (Å²) < 4.78 is 0. The van der Waals surface area contributed by atoms with Gasteiger partial charge >= 0.3 is 0 Å². The van der Waals surface area contributed by atoms with E-state index in [1.54, 1.807) is 12.1 Å². The zero-order valence-corrected chi connectivity index (χ0v) is 14.9. The number of rotatable bonds is 8. The lowest BCUT2D eigenvalue weighted by molar-refractivity contribution is -0.384. The van der Waals surface area contributed by atoms with E-state index in [-0.39, 0.29) is 10.6 Å². The van der Waals surface area contributed by atoms with E-state index in [9.17, 15) is 10.1 Å². The van der Waals surface area contributed by atoms with Crippen LogP contribution >= 0.6 is 15.9 Å². The fourth-order valence-electron chi connectivity index (χ4n) is 2.64. The molecule has 5 heteroatoms. The Hall–Kier alpha value is -1.10. The molecule has 0 saturated heterocycles. The topological polar surface area (TPSA) is 46.4 Å². The van der Waals surface area contributed by atoms with Crippen LogP contribution in [0.5, 0.6) is 0 Å². The van der Waals surface area contributed by atoms with E-state index in [0.29, 0.717) is 17.3 Å². The molecule has 1 rings (SSSR count). The van der Waals surface area contributed by atoms with Crippen molar-refractivity contribution in [2.75, 3.05) is 11.4 Å². The van der Waals surface area contributed by atoms with Crippen molar-refractivity contribution >= 4 is 27.3 Å². The van der Waals surface area contributed by atoms with Gasteiger partial charge in [0.25, 0.3) is 5.69 Å². The standard InChI is InChI=1S/C16H25BrN2O2/c1-5-14(6-2)18(11-12(3)4)16-8-7-15(19(20)21)9-13(16)10-17/h7-9,12,14H,5-6,10-11H2,1-4H3. The third-order valence-electron chi connectivity index (χ3n) is 3.67. The average molecular weight is 357 g/mol. The number of nitrogens with zero attached hydrogens (tertiary/aromatic N) is 2. The fourth-order valence-corrected chi connectivity index (χ4v) is 3.09. The molecule has 0 unspecified atom stereocenters. The molecule has 0 spiro atoms. The highest BCUT2D eigenvalue weighted by Crippen LogP contribution is 2.30. The first-order valence-electron chi connectivity index (χ1n) is 7.54. The summed E-state index contributed by atoms with van der Waals surface area (Å²) in [6.45, 7) is 9.76. The smallest absolute Gasteiger partial charge is 0.269 e. The van der Waals surface area contributed by atoms with E-state index in [1.807, 2.05) is 6.07 Å². The molecule has 0 bridgehead atoms. The highest BCUT2D eigenvalue weighted by atomic mass is 79.9. The zero-order chi connectivity index (χ0) is 16.0. The molecule has 118 valence electrons. The van der Waals surface area contributed by atoms with Crippen LogP contribution < -0.4 is 4.90 Å². The fraction of sp³-hybridized carbons (Fsp3) is 0.625. The van der Waals surface area contributed by atoms with Crippen molar-refractivity contribution < 1.29 is 4.92 Å². The predicted octanol–water partition coefficient (Wildman–Crippen LogP) is 5.14. The number of alkyl halides is 1. The lowest BCUT2D eigenvalue weighted by atomic mass is 10.0. The van der Waals surface area contributed by atoms with E-state index >= 15 is 0 Å². The Morgan fingerprint density at radius 3 is 2.33 bits per heavy atom. The molecule has 21 heavy (non-hydrogen) atoms. The Morgan fingerprint density at radius 1 is 1.29 bits per heavy atom. The van der Waals surface area contributed by atoms with Gasteiger partial charge in [-0.3, -0.25) is 10.1 Å². The van der Waals surface area contributed by atoms with Crippen LogP contribution in [0.4, 0.5) is 11.4 Å². The first-order chi connectivity index (χ1) is 9.94. The van der Waals surface area contributed by atoms with Gasteiger partial charge in [-0.05, 0) is 30.4 Å². The summed E-state index contributed by atoms with van der Waals surface area (Å²) in [6, 6.07) is 5.65. The van der Waals surface area contributed by atoms with Crippen molar-refractivity contribution in [1.82, 2.24) is 0 Å². The third kappa shape index (κ3) is 4.70. The van der Waals surface area contributed by atoms with E-state index in [4.69, 9.17) is 0 Å². The van der Waals surface area contributed by atoms with Gasteiger partial charge in [-0.25, -0.2) is 0 Å². The van der Waals surface area contributed by atoms with E-state index in [0.717, 1.165) is 30.6 Å². The molecule has 0 atom stereocenters. The van der Waals surface area contributed by atoms with Gasteiger partial charge in [0.2, 0.25) is 0 Å². The summed E-state index contributed by atoms with van der Waals surface area (Å²) in [5.41, 5.74) is 2.25. The second kappa shape index (κ2) is 8.37. The highest BCUT2D eigenvalue weighted by molar-refractivity contribution is 9.08. The maximum atomic E-state index is 11.0. The SMILES string of the molecule is CCC(CC)N(CC(C)C)c1ccc([N+](=O)[O-])cc1CBr. The number of nitro groups is 1. The van der Waals surface area contributed by atoms with Crippen LogP contribution in [0.1, 0.15) is 46.1 Å². The summed E-state index contributed by atoms with van der Waals surface area (Å²) >= 11 is 3.47. The number of non-ortho nitro benzene ring substituents is 1. The summed E-state index contributed by atoms with van der Waals surface area (Å²) in [6.07, 6.45) is 2.14. The van der Waals surface area contributed by atoms with Gasteiger partial charge in [0.15, 0.2) is 0 Å². The van der Waals surface area contributed by atoms with Gasteiger partial charge in [0.05, 0.1) is 4.92 Å². The van der Waals surface area contributed by atoms with Crippen LogP contribution in [0.3, 0.4) is 0 Å². The molecule has 4 nitrogen and oxygen atoms in total. The molecule has 0 radical (unpaired) electrons. The number of benzene rings is 1. The summed E-state index contributed by atoms with van der Waals surface area (Å²) in [5.74, 6) is 0.545. The van der Waals surface area contributed by atoms with Gasteiger partial charge in [0.1, 0.15) is 0 Å². The van der Waals surface area contributed by atoms with Gasteiger partial charge in [-0.2, -0.15) is 0 Å². The van der Waals surface area contributed by atoms with Gasteiger partial charge in [-0.15, -0.1) is 0 Å². The van der Waals surface area contributed by atoms with E-state index in [1.165, 1.54) is 0 Å². The summed E-state index contributed by atoms with van der Waals surface area (Å²) in [4.78, 5) is 13.0. The molecule has 1 aromatic rings. The van der Waals surface area contributed by atoms with Gasteiger partial charge in [-0.1, -0.05) is 43.6 Å². The summed E-state index contributed by atoms with van der Waals surface area (Å²) in [7, 11) is 0. The van der Waals surface area contributed by atoms with Crippen LogP contribution in [-0.4, -0.2) is 17.5 Å². The molecule has 0 saturated carbocycles. The van der Waals surface area contributed by atoms with Crippen LogP contribution in [0.2, 0.25) is 0 Å². The monoisotopic (exact) mass is 356 g/mol. The van der Waals surface area contributed by atoms with Gasteiger partial charge < -0.3 is 4.90 Å². The molecule has 0 aliphatic rings. The number of hydrogen-bond donors (Lipinski definition) is 0. The average Bonchev–Trinajstić information content (AvgIpc) is 2.46. The van der Waals surface area contributed by atoms with Crippen molar-refractivity contribution in [2.24, 2.45) is 5.92 Å². The third-order valence-corrected chi connectivity index (χ3v) is 4.28. The Morgan fingerprint density at radius 2 is 1.90 bits per heavy atom. The highest BCUT2D eigenvalue weighted by Gasteiger charge is 2.21. The Labute approximate surface area is 135 Å². The molecular formula is C16H25BrN2O2. The predicted molar refractivity (Wildman–Crippen MR) is 92.3 cm³/mol. The second-order valence-electron chi connectivity index (χ2n) is 5.72. The minimum atomic E-state index is -0.333. The van der Waals surface area contributed by atoms with Crippen LogP contribution in [0, 0.1) is 16.0 Å². The van der Waals surface area contributed by atoms with Crippen molar-refractivity contribution in [3.8, 4) is 0 Å². The Bertz CT molecular complexity index is 473. The number of halogens is 1. The number of anilines is 1. The lowest BCUT2D eigenvalue weighted by Gasteiger charge is -2.35. The van der Waals surface area contributed by atoms with Crippen LogP contribution in [-0.2, 0) is 5.33 Å². The quantitative estimate of drug-likeness (QED) is 0.368. The Kier molecular flexibility index (Phi) is 7.15. The molecule has 0 heterocycles. The first kappa shape index (κ1) is 18.0. The van der Waals surface area contributed by atoms with Crippen molar-refractivity contribution in [3.63, 3.8) is 0 Å². The molecule has 0 aliphatic heterocycles. The number of hydrogen-bond acceptors (Lipinski definition) is 3. The molecule has 1 aromatic carbocycles. The largest absolute Gasteiger partial charge is 0.368 e. The molecule has 0 amide bonds. The number of nitro benzene ring substituents is 1. The van der Waals surface area contributed by atoms with Crippen LogP contribution in [0.25, 0.3) is 0 Å². The van der Waals surface area contributed by atoms with Gasteiger partial charge in [0, 0.05) is 35.7 Å². The first-order valence-corrected chi connectivity index (χ1v) is 8.66. The Balaban J connectivity index is 3.25. The summed E-state index contributed by atoms with van der Waals surface area (Å²) in [5, 5.41) is 11.6. The van der Waals surface area contributed by atoms with E-state index in [2.05, 4.69) is 48.5 Å². The lowest BCUT2D eigenvalue weighted by Crippen LogP contribution is -2.38.